The molecule has 0 fully saturated rings. The van der Waals surface area contributed by atoms with E-state index < -0.39 is 16.6 Å². The van der Waals surface area contributed by atoms with Crippen LogP contribution in [0.25, 0.3) is 0 Å². The van der Waals surface area contributed by atoms with Crippen LogP contribution < -0.4 is 0 Å². The zero-order valence-electron chi connectivity index (χ0n) is 13.5. The number of rotatable bonds is 8. The highest BCUT2D eigenvalue weighted by Gasteiger charge is 2.19. The Morgan fingerprint density at radius 1 is 0.737 bits per heavy atom. The van der Waals surface area contributed by atoms with E-state index in [-0.39, 0.29) is 0 Å². The third kappa shape index (κ3) is 10.7. The Hall–Kier alpha value is -0.886. The van der Waals surface area contributed by atoms with Gasteiger partial charge in [-0.05, 0) is 57.9 Å². The Bertz CT molecular complexity index is 293. The summed E-state index contributed by atoms with van der Waals surface area (Å²) in [6, 6.07) is 0. The highest BCUT2D eigenvalue weighted by Crippen LogP contribution is 2.14. The summed E-state index contributed by atoms with van der Waals surface area (Å²) in [6.45, 7) is 12.7. The van der Waals surface area contributed by atoms with E-state index in [1.807, 2.05) is 12.2 Å². The Labute approximate surface area is 119 Å². The van der Waals surface area contributed by atoms with E-state index in [4.69, 9.17) is 18.3 Å². The highest BCUT2D eigenvalue weighted by atomic mass is 28.4. The summed E-state index contributed by atoms with van der Waals surface area (Å²) >= 11 is 0. The molecule has 0 N–H and O–H groups in total. The molecule has 0 aliphatic carbocycles. The van der Waals surface area contributed by atoms with Gasteiger partial charge >= 0.3 is 0 Å². The van der Waals surface area contributed by atoms with Gasteiger partial charge in [0.15, 0.2) is 0 Å². The molecule has 0 spiro atoms. The Morgan fingerprint density at radius 3 is 1.26 bits per heavy atom. The molecular weight excluding hydrogens is 276 g/mol. The summed E-state index contributed by atoms with van der Waals surface area (Å²) in [4.78, 5) is 0. The van der Waals surface area contributed by atoms with E-state index in [1.165, 1.54) is 0 Å². The predicted octanol–water partition coefficient (Wildman–Crippen LogP) is 4.06. The number of hydrogen-bond donors (Lipinski definition) is 0. The summed E-state index contributed by atoms with van der Waals surface area (Å²) in [5.41, 5.74) is 0. The quantitative estimate of drug-likeness (QED) is 0.500. The lowest BCUT2D eigenvalue weighted by Crippen LogP contribution is -2.25. The maximum atomic E-state index is 5.78. The molecule has 0 saturated heterocycles. The first-order chi connectivity index (χ1) is 8.57. The van der Waals surface area contributed by atoms with Gasteiger partial charge in [0, 0.05) is 0 Å². The molecular formula is C13H28O4Si2. The SMILES string of the molecule is COC(=CCC=C(OC)O[Si](C)(C)C)O[Si](C)(C)C. The van der Waals surface area contributed by atoms with Gasteiger partial charge in [0.1, 0.15) is 0 Å². The summed E-state index contributed by atoms with van der Waals surface area (Å²) in [6.07, 6.45) is 4.44. The lowest BCUT2D eigenvalue weighted by molar-refractivity contribution is 0.142. The molecule has 19 heavy (non-hydrogen) atoms. The van der Waals surface area contributed by atoms with Crippen molar-refractivity contribution < 1.29 is 18.3 Å². The Morgan fingerprint density at radius 2 is 1.05 bits per heavy atom. The van der Waals surface area contributed by atoms with Crippen LogP contribution in [0.2, 0.25) is 39.3 Å². The van der Waals surface area contributed by atoms with Crippen molar-refractivity contribution in [1.29, 1.82) is 0 Å². The lowest BCUT2D eigenvalue weighted by atomic mass is 10.4. The van der Waals surface area contributed by atoms with Crippen LogP contribution in [0.5, 0.6) is 0 Å². The molecule has 4 nitrogen and oxygen atoms in total. The third-order valence-electron chi connectivity index (χ3n) is 1.78. The summed E-state index contributed by atoms with van der Waals surface area (Å²) < 4.78 is 22.0. The van der Waals surface area contributed by atoms with Crippen molar-refractivity contribution in [2.75, 3.05) is 14.2 Å². The Balaban J connectivity index is 4.57. The smallest absolute Gasteiger partial charge is 0.261 e. The van der Waals surface area contributed by atoms with Crippen LogP contribution in [0.1, 0.15) is 6.42 Å². The lowest BCUT2D eigenvalue weighted by Gasteiger charge is -2.21. The van der Waals surface area contributed by atoms with Crippen molar-refractivity contribution in [3.63, 3.8) is 0 Å². The van der Waals surface area contributed by atoms with Crippen molar-refractivity contribution in [3.8, 4) is 0 Å². The van der Waals surface area contributed by atoms with Crippen LogP contribution >= 0.6 is 0 Å². The molecule has 0 aromatic carbocycles. The van der Waals surface area contributed by atoms with Gasteiger partial charge in [-0.1, -0.05) is 0 Å². The molecule has 0 aliphatic heterocycles. The summed E-state index contributed by atoms with van der Waals surface area (Å²) in [5, 5.41) is 0. The van der Waals surface area contributed by atoms with Gasteiger partial charge in [-0.2, -0.15) is 0 Å². The van der Waals surface area contributed by atoms with Gasteiger partial charge in [0.25, 0.3) is 11.9 Å². The fourth-order valence-electron chi connectivity index (χ4n) is 1.19. The second-order valence-corrected chi connectivity index (χ2v) is 15.0. The zero-order chi connectivity index (χ0) is 15.1. The van der Waals surface area contributed by atoms with E-state index in [1.54, 1.807) is 14.2 Å². The molecule has 0 rings (SSSR count). The van der Waals surface area contributed by atoms with Crippen LogP contribution in [0.15, 0.2) is 24.0 Å². The predicted molar refractivity (Wildman–Crippen MR) is 83.7 cm³/mol. The fourth-order valence-corrected chi connectivity index (χ4v) is 2.73. The first-order valence-electron chi connectivity index (χ1n) is 6.44. The molecule has 0 saturated carbocycles. The first-order valence-corrected chi connectivity index (χ1v) is 13.3. The van der Waals surface area contributed by atoms with Crippen molar-refractivity contribution >= 4 is 16.6 Å². The average Bonchev–Trinajstić information content (AvgIpc) is 2.22. The zero-order valence-corrected chi connectivity index (χ0v) is 15.5. The van der Waals surface area contributed by atoms with Gasteiger partial charge in [0.2, 0.25) is 16.6 Å². The minimum atomic E-state index is -1.63. The van der Waals surface area contributed by atoms with E-state index in [2.05, 4.69) is 39.3 Å². The molecule has 0 amide bonds. The normalized spacial score (nSPS) is 14.1. The first kappa shape index (κ1) is 18.1. The number of hydrogen-bond acceptors (Lipinski definition) is 4. The van der Waals surface area contributed by atoms with Crippen LogP contribution in [0.3, 0.4) is 0 Å². The van der Waals surface area contributed by atoms with Crippen LogP contribution in [-0.2, 0) is 18.3 Å². The number of ether oxygens (including phenoxy) is 2. The van der Waals surface area contributed by atoms with Gasteiger partial charge in [-0.3, -0.25) is 0 Å². The molecule has 0 heterocycles. The molecule has 0 atom stereocenters. The second-order valence-electron chi connectivity index (χ2n) is 6.12. The van der Waals surface area contributed by atoms with Crippen molar-refractivity contribution in [3.05, 3.63) is 24.0 Å². The molecule has 6 heteroatoms. The van der Waals surface area contributed by atoms with Gasteiger partial charge < -0.3 is 18.3 Å². The standard InChI is InChI=1S/C13H28O4Si2/c1-14-12(16-18(3,4)5)10-9-11-13(15-2)17-19(6,7)8/h10-11H,9H2,1-8H3. The van der Waals surface area contributed by atoms with Gasteiger partial charge in [-0.15, -0.1) is 0 Å². The maximum Gasteiger partial charge on any atom is 0.261 e. The topological polar surface area (TPSA) is 36.9 Å². The van der Waals surface area contributed by atoms with E-state index in [0.29, 0.717) is 18.3 Å². The monoisotopic (exact) mass is 304 g/mol. The van der Waals surface area contributed by atoms with Crippen LogP contribution in [-0.4, -0.2) is 30.9 Å². The van der Waals surface area contributed by atoms with E-state index >= 15 is 0 Å². The summed E-state index contributed by atoms with van der Waals surface area (Å²) in [7, 11) is -0.0361. The Kier molecular flexibility index (Phi) is 7.29. The molecule has 0 aliphatic rings. The third-order valence-corrected chi connectivity index (χ3v) is 3.41. The molecule has 0 radical (unpaired) electrons. The number of methoxy groups -OCH3 is 2. The van der Waals surface area contributed by atoms with Gasteiger partial charge in [-0.25, -0.2) is 0 Å². The molecule has 112 valence electrons. The van der Waals surface area contributed by atoms with E-state index in [0.717, 1.165) is 0 Å². The molecule has 0 aromatic rings. The second kappa shape index (κ2) is 7.64. The summed E-state index contributed by atoms with van der Waals surface area (Å²) in [5.74, 6) is 1.14. The van der Waals surface area contributed by atoms with Crippen LogP contribution in [0, 0.1) is 0 Å². The molecule has 0 bridgehead atoms. The van der Waals surface area contributed by atoms with E-state index in [9.17, 15) is 0 Å². The largest absolute Gasteiger partial charge is 0.520 e. The minimum Gasteiger partial charge on any atom is -0.520 e. The molecule has 0 unspecified atom stereocenters. The van der Waals surface area contributed by atoms with Crippen LogP contribution in [0.4, 0.5) is 0 Å². The van der Waals surface area contributed by atoms with Gasteiger partial charge in [0.05, 0.1) is 14.2 Å². The maximum absolute atomic E-state index is 5.78. The fraction of sp³-hybridized carbons (Fsp3) is 0.692. The van der Waals surface area contributed by atoms with Crippen molar-refractivity contribution in [1.82, 2.24) is 0 Å². The van der Waals surface area contributed by atoms with Crippen molar-refractivity contribution in [2.24, 2.45) is 0 Å². The minimum absolute atomic E-state index is 0.568. The number of allylic oxidation sites excluding steroid dienone is 2. The average molecular weight is 305 g/mol. The molecule has 0 aromatic heterocycles. The van der Waals surface area contributed by atoms with Crippen molar-refractivity contribution in [2.45, 2.75) is 45.7 Å². The highest BCUT2D eigenvalue weighted by molar-refractivity contribution is 6.70.